The van der Waals surface area contributed by atoms with Gasteiger partial charge < -0.3 is 5.11 Å². The zero-order valence-corrected chi connectivity index (χ0v) is 11.9. The van der Waals surface area contributed by atoms with Crippen molar-refractivity contribution >= 4 is 11.6 Å². The van der Waals surface area contributed by atoms with Crippen molar-refractivity contribution in [3.63, 3.8) is 0 Å². The van der Waals surface area contributed by atoms with Crippen molar-refractivity contribution in [2.45, 2.75) is 26.4 Å². The third-order valence-corrected chi connectivity index (χ3v) is 3.65. The minimum absolute atomic E-state index is 0.232. The van der Waals surface area contributed by atoms with Crippen LogP contribution in [0.15, 0.2) is 18.2 Å². The first-order valence-corrected chi connectivity index (χ1v) is 6.40. The molecule has 0 saturated carbocycles. The van der Waals surface area contributed by atoms with Crippen LogP contribution in [0.4, 0.5) is 4.39 Å². The van der Waals surface area contributed by atoms with Crippen LogP contribution < -0.4 is 0 Å². The van der Waals surface area contributed by atoms with Gasteiger partial charge in [0.25, 0.3) is 0 Å². The molecule has 0 fully saturated rings. The molecule has 5 heteroatoms. The average Bonchev–Trinajstić information content (AvgIpc) is 2.56. The molecule has 102 valence electrons. The fourth-order valence-electron chi connectivity index (χ4n) is 2.10. The van der Waals surface area contributed by atoms with Crippen molar-refractivity contribution in [2.24, 2.45) is 7.05 Å². The number of benzene rings is 1. The Bertz CT molecular complexity index is 610. The van der Waals surface area contributed by atoms with Gasteiger partial charge in [-0.1, -0.05) is 23.7 Å². The number of aliphatic hydroxyl groups excluding tert-OH is 1. The third-order valence-electron chi connectivity index (χ3n) is 3.16. The molecule has 2 rings (SSSR count). The molecule has 0 amide bonds. The molecule has 1 aromatic heterocycles. The Balaban J connectivity index is 2.28. The van der Waals surface area contributed by atoms with Gasteiger partial charge in [-0.15, -0.1) is 0 Å². The predicted molar refractivity (Wildman–Crippen MR) is 72.8 cm³/mol. The molecule has 1 atom stereocenters. The summed E-state index contributed by atoms with van der Waals surface area (Å²) in [4.78, 5) is 0. The number of nitrogens with zero attached hydrogens (tertiary/aromatic N) is 2. The van der Waals surface area contributed by atoms with Crippen LogP contribution in [0.1, 0.15) is 28.6 Å². The van der Waals surface area contributed by atoms with Gasteiger partial charge in [0.1, 0.15) is 5.82 Å². The van der Waals surface area contributed by atoms with Crippen LogP contribution in [0.2, 0.25) is 5.02 Å². The van der Waals surface area contributed by atoms with E-state index in [-0.39, 0.29) is 12.0 Å². The lowest BCUT2D eigenvalue weighted by Gasteiger charge is -2.13. The summed E-state index contributed by atoms with van der Waals surface area (Å²) >= 11 is 6.12. The summed E-state index contributed by atoms with van der Waals surface area (Å²) in [6, 6.07) is 4.79. The van der Waals surface area contributed by atoms with Crippen LogP contribution in [0, 0.1) is 19.7 Å². The average molecular weight is 283 g/mol. The van der Waals surface area contributed by atoms with Gasteiger partial charge in [0.2, 0.25) is 0 Å². The van der Waals surface area contributed by atoms with Gasteiger partial charge in [-0.25, -0.2) is 4.39 Å². The predicted octanol–water partition coefficient (Wildman–Crippen LogP) is 3.11. The van der Waals surface area contributed by atoms with Gasteiger partial charge in [0, 0.05) is 19.0 Å². The number of rotatable bonds is 3. The van der Waals surface area contributed by atoms with E-state index in [4.69, 9.17) is 11.6 Å². The van der Waals surface area contributed by atoms with E-state index in [1.807, 2.05) is 0 Å². The quantitative estimate of drug-likeness (QED) is 0.939. The maximum Gasteiger partial charge on any atom is 0.129 e. The number of hydrogen-bond acceptors (Lipinski definition) is 2. The van der Waals surface area contributed by atoms with E-state index in [2.05, 4.69) is 5.10 Å². The van der Waals surface area contributed by atoms with E-state index in [9.17, 15) is 9.50 Å². The van der Waals surface area contributed by atoms with Crippen molar-refractivity contribution in [2.75, 3.05) is 0 Å². The lowest BCUT2D eigenvalue weighted by Crippen LogP contribution is -2.08. The van der Waals surface area contributed by atoms with Crippen molar-refractivity contribution in [1.82, 2.24) is 9.78 Å². The van der Waals surface area contributed by atoms with Gasteiger partial charge in [-0.05, 0) is 25.5 Å². The summed E-state index contributed by atoms with van der Waals surface area (Å²) < 4.78 is 15.4. The molecule has 0 aliphatic heterocycles. The van der Waals surface area contributed by atoms with Crippen molar-refractivity contribution < 1.29 is 9.50 Å². The van der Waals surface area contributed by atoms with Gasteiger partial charge in [-0.2, -0.15) is 5.10 Å². The standard InChI is InChI=1S/C14H16ClFN2O/c1-8-4-5-10(11(16)6-8)13(19)7-12-14(15)9(2)17-18(12)3/h4-6,13,19H,7H2,1-3H3. The van der Waals surface area contributed by atoms with Gasteiger partial charge in [0.05, 0.1) is 22.5 Å². The molecule has 19 heavy (non-hydrogen) atoms. The molecule has 1 N–H and O–H groups in total. The summed E-state index contributed by atoms with van der Waals surface area (Å²) in [7, 11) is 1.76. The number of hydrogen-bond donors (Lipinski definition) is 1. The fraction of sp³-hybridized carbons (Fsp3) is 0.357. The molecular formula is C14H16ClFN2O. The monoisotopic (exact) mass is 282 g/mol. The maximum atomic E-state index is 13.8. The third kappa shape index (κ3) is 2.80. The molecule has 0 radical (unpaired) electrons. The van der Waals surface area contributed by atoms with Crippen LogP contribution >= 0.6 is 11.6 Å². The lowest BCUT2D eigenvalue weighted by molar-refractivity contribution is 0.171. The highest BCUT2D eigenvalue weighted by Crippen LogP contribution is 2.27. The zero-order chi connectivity index (χ0) is 14.2. The number of aryl methyl sites for hydroxylation is 3. The molecule has 1 unspecified atom stereocenters. The summed E-state index contributed by atoms with van der Waals surface area (Å²) in [6.07, 6.45) is -0.705. The number of aliphatic hydroxyl groups is 1. The molecule has 0 spiro atoms. The molecule has 0 aliphatic carbocycles. The molecule has 1 heterocycles. The number of aromatic nitrogens is 2. The second-order valence-electron chi connectivity index (χ2n) is 4.71. The second-order valence-corrected chi connectivity index (χ2v) is 5.09. The van der Waals surface area contributed by atoms with E-state index < -0.39 is 11.9 Å². The van der Waals surface area contributed by atoms with Crippen LogP contribution in [-0.4, -0.2) is 14.9 Å². The van der Waals surface area contributed by atoms with Crippen molar-refractivity contribution in [1.29, 1.82) is 0 Å². The van der Waals surface area contributed by atoms with E-state index >= 15 is 0 Å². The van der Waals surface area contributed by atoms with Crippen molar-refractivity contribution in [3.8, 4) is 0 Å². The summed E-state index contributed by atoms with van der Waals surface area (Å²) in [5.74, 6) is -0.400. The Kier molecular flexibility index (Phi) is 3.92. The molecule has 2 aromatic rings. The van der Waals surface area contributed by atoms with Gasteiger partial charge in [0.15, 0.2) is 0 Å². The molecule has 0 saturated heterocycles. The largest absolute Gasteiger partial charge is 0.388 e. The first kappa shape index (κ1) is 14.0. The molecule has 3 nitrogen and oxygen atoms in total. The Morgan fingerprint density at radius 2 is 2.11 bits per heavy atom. The SMILES string of the molecule is Cc1ccc(C(O)Cc2c(Cl)c(C)nn2C)c(F)c1. The molecule has 0 aliphatic rings. The Labute approximate surface area is 116 Å². The smallest absolute Gasteiger partial charge is 0.129 e. The van der Waals surface area contributed by atoms with Gasteiger partial charge >= 0.3 is 0 Å². The molecule has 1 aromatic carbocycles. The maximum absolute atomic E-state index is 13.8. The second kappa shape index (κ2) is 5.31. The van der Waals surface area contributed by atoms with Crippen molar-refractivity contribution in [3.05, 3.63) is 51.6 Å². The van der Waals surface area contributed by atoms with Crippen LogP contribution in [0.3, 0.4) is 0 Å². The van der Waals surface area contributed by atoms with Crippen LogP contribution in [-0.2, 0) is 13.5 Å². The van der Waals surface area contributed by atoms with E-state index in [1.54, 1.807) is 37.7 Å². The zero-order valence-electron chi connectivity index (χ0n) is 11.1. The Morgan fingerprint density at radius 3 is 2.63 bits per heavy atom. The molecule has 0 bridgehead atoms. The highest BCUT2D eigenvalue weighted by atomic mass is 35.5. The highest BCUT2D eigenvalue weighted by molar-refractivity contribution is 6.31. The first-order valence-electron chi connectivity index (χ1n) is 6.02. The summed E-state index contributed by atoms with van der Waals surface area (Å²) in [5, 5.41) is 14.9. The van der Waals surface area contributed by atoms with Gasteiger partial charge in [-0.3, -0.25) is 4.68 Å². The minimum atomic E-state index is -0.937. The Hall–Kier alpha value is -1.39. The Morgan fingerprint density at radius 1 is 1.42 bits per heavy atom. The van der Waals surface area contributed by atoms with E-state index in [0.29, 0.717) is 16.4 Å². The van der Waals surface area contributed by atoms with E-state index in [0.717, 1.165) is 5.56 Å². The number of halogens is 2. The first-order chi connectivity index (χ1) is 8.90. The van der Waals surface area contributed by atoms with Crippen LogP contribution in [0.25, 0.3) is 0 Å². The normalized spacial score (nSPS) is 12.7. The van der Waals surface area contributed by atoms with E-state index in [1.165, 1.54) is 6.07 Å². The minimum Gasteiger partial charge on any atom is -0.388 e. The topological polar surface area (TPSA) is 38.1 Å². The molecular weight excluding hydrogens is 267 g/mol. The lowest BCUT2D eigenvalue weighted by atomic mass is 10.0. The van der Waals surface area contributed by atoms with Crippen LogP contribution in [0.5, 0.6) is 0 Å². The highest BCUT2D eigenvalue weighted by Gasteiger charge is 2.19. The summed E-state index contributed by atoms with van der Waals surface area (Å²) in [5.41, 5.74) is 2.51. The summed E-state index contributed by atoms with van der Waals surface area (Å²) in [6.45, 7) is 3.60. The fourth-order valence-corrected chi connectivity index (χ4v) is 2.33.